The molecule has 1 aliphatic rings. The molecule has 0 aliphatic carbocycles. The average molecular weight is 419 g/mol. The van der Waals surface area contributed by atoms with Gasteiger partial charge in [-0.15, -0.1) is 0 Å². The van der Waals surface area contributed by atoms with Crippen LogP contribution in [-0.4, -0.2) is 19.5 Å². The summed E-state index contributed by atoms with van der Waals surface area (Å²) in [6.07, 6.45) is 4.98. The maximum absolute atomic E-state index is 14.6. The molecule has 3 nitrogen and oxygen atoms in total. The van der Waals surface area contributed by atoms with E-state index in [4.69, 9.17) is 14.2 Å². The van der Waals surface area contributed by atoms with Crippen molar-refractivity contribution in [3.8, 4) is 5.75 Å². The summed E-state index contributed by atoms with van der Waals surface area (Å²) in [4.78, 5) is 0. The van der Waals surface area contributed by atoms with Gasteiger partial charge in [0, 0.05) is 5.92 Å². The minimum atomic E-state index is -0.909. The maximum atomic E-state index is 14.6. The number of halogens is 2. The van der Waals surface area contributed by atoms with E-state index in [1.54, 1.807) is 6.07 Å². The van der Waals surface area contributed by atoms with E-state index in [0.717, 1.165) is 31.2 Å². The Morgan fingerprint density at radius 2 is 1.70 bits per heavy atom. The summed E-state index contributed by atoms with van der Waals surface area (Å²) in [5.41, 5.74) is 2.78. The third-order valence-corrected chi connectivity index (χ3v) is 5.50. The van der Waals surface area contributed by atoms with Gasteiger partial charge in [0.15, 0.2) is 17.9 Å². The quantitative estimate of drug-likeness (QED) is 0.410. The van der Waals surface area contributed by atoms with Gasteiger partial charge in [-0.2, -0.15) is 4.39 Å². The number of ether oxygens (including phenoxy) is 3. The Bertz CT molecular complexity index is 784. The fraction of sp³-hybridized carbons (Fsp3) is 0.520. The van der Waals surface area contributed by atoms with Gasteiger partial charge in [-0.3, -0.25) is 0 Å². The molecule has 0 N–H and O–H groups in total. The monoisotopic (exact) mass is 418 g/mol. The normalized spacial score (nSPS) is 19.1. The van der Waals surface area contributed by atoms with Crippen molar-refractivity contribution < 1.29 is 23.0 Å². The molecular formula is C25H32F2O3. The van der Waals surface area contributed by atoms with Crippen LogP contribution in [0.15, 0.2) is 36.4 Å². The third kappa shape index (κ3) is 6.02. The maximum Gasteiger partial charge on any atom is 0.200 e. The van der Waals surface area contributed by atoms with Crippen LogP contribution in [0.1, 0.15) is 68.6 Å². The SMILES string of the molecule is CCCCOc1ccc(C2CCC(OCc3ccc(CCC)cc3)OC2)c(F)c1F. The van der Waals surface area contributed by atoms with Gasteiger partial charge in [0.05, 0.1) is 19.8 Å². The van der Waals surface area contributed by atoms with Crippen LogP contribution in [0, 0.1) is 11.6 Å². The molecule has 0 bridgehead atoms. The van der Waals surface area contributed by atoms with E-state index in [1.807, 2.05) is 6.92 Å². The zero-order valence-corrected chi connectivity index (χ0v) is 18.0. The molecule has 1 saturated heterocycles. The van der Waals surface area contributed by atoms with Gasteiger partial charge < -0.3 is 14.2 Å². The van der Waals surface area contributed by atoms with E-state index < -0.39 is 11.6 Å². The van der Waals surface area contributed by atoms with E-state index in [0.29, 0.717) is 38.2 Å². The third-order valence-electron chi connectivity index (χ3n) is 5.50. The van der Waals surface area contributed by atoms with Gasteiger partial charge in [-0.25, -0.2) is 4.39 Å². The molecule has 1 heterocycles. The molecule has 2 aromatic rings. The highest BCUT2D eigenvalue weighted by atomic mass is 19.2. The second-order valence-corrected chi connectivity index (χ2v) is 7.90. The lowest BCUT2D eigenvalue weighted by atomic mass is 9.92. The smallest absolute Gasteiger partial charge is 0.200 e. The predicted molar refractivity (Wildman–Crippen MR) is 114 cm³/mol. The van der Waals surface area contributed by atoms with Crippen LogP contribution in [0.4, 0.5) is 8.78 Å². The second-order valence-electron chi connectivity index (χ2n) is 7.90. The molecule has 164 valence electrons. The molecule has 2 atom stereocenters. The first kappa shape index (κ1) is 22.7. The van der Waals surface area contributed by atoms with E-state index in [2.05, 4.69) is 31.2 Å². The Balaban J connectivity index is 1.49. The Kier molecular flexibility index (Phi) is 8.64. The van der Waals surface area contributed by atoms with Crippen molar-refractivity contribution in [2.24, 2.45) is 0 Å². The Labute approximate surface area is 178 Å². The van der Waals surface area contributed by atoms with E-state index in [1.165, 1.54) is 11.6 Å². The second kappa shape index (κ2) is 11.4. The standard InChI is InChI=1S/C25H32F2O3/c1-3-5-15-28-22-13-12-21(24(26)25(22)27)20-11-14-23(30-17-20)29-16-19-9-7-18(6-4-2)8-10-19/h7-10,12-13,20,23H,3-6,11,14-17H2,1-2H3. The number of benzene rings is 2. The molecule has 2 aromatic carbocycles. The molecule has 0 spiro atoms. The van der Waals surface area contributed by atoms with E-state index in [-0.39, 0.29) is 18.0 Å². The minimum absolute atomic E-state index is 0.0207. The Morgan fingerprint density at radius 3 is 2.37 bits per heavy atom. The fourth-order valence-electron chi connectivity index (χ4n) is 3.68. The Morgan fingerprint density at radius 1 is 0.933 bits per heavy atom. The molecule has 0 aromatic heterocycles. The molecule has 0 saturated carbocycles. The molecule has 30 heavy (non-hydrogen) atoms. The van der Waals surface area contributed by atoms with Crippen molar-refractivity contribution in [2.75, 3.05) is 13.2 Å². The summed E-state index contributed by atoms with van der Waals surface area (Å²) >= 11 is 0. The van der Waals surface area contributed by atoms with Crippen molar-refractivity contribution in [3.05, 3.63) is 64.7 Å². The number of hydrogen-bond acceptors (Lipinski definition) is 3. The highest BCUT2D eigenvalue weighted by Gasteiger charge is 2.27. The highest BCUT2D eigenvalue weighted by molar-refractivity contribution is 5.33. The first-order valence-corrected chi connectivity index (χ1v) is 11.0. The summed E-state index contributed by atoms with van der Waals surface area (Å²) in [5, 5.41) is 0. The van der Waals surface area contributed by atoms with Gasteiger partial charge >= 0.3 is 0 Å². The Hall–Kier alpha value is -1.98. The van der Waals surface area contributed by atoms with Crippen LogP contribution in [0.2, 0.25) is 0 Å². The van der Waals surface area contributed by atoms with Crippen LogP contribution in [-0.2, 0) is 22.5 Å². The molecule has 0 radical (unpaired) electrons. The molecule has 1 fully saturated rings. The first-order chi connectivity index (χ1) is 14.6. The van der Waals surface area contributed by atoms with E-state index >= 15 is 0 Å². The number of rotatable bonds is 10. The summed E-state index contributed by atoms with van der Waals surface area (Å²) in [5.74, 6) is -1.94. The van der Waals surface area contributed by atoms with Crippen molar-refractivity contribution in [3.63, 3.8) is 0 Å². The van der Waals surface area contributed by atoms with Gasteiger partial charge in [0.1, 0.15) is 0 Å². The molecular weight excluding hydrogens is 386 g/mol. The lowest BCUT2D eigenvalue weighted by molar-refractivity contribution is -0.173. The van der Waals surface area contributed by atoms with Crippen molar-refractivity contribution in [1.29, 1.82) is 0 Å². The lowest BCUT2D eigenvalue weighted by Gasteiger charge is -2.29. The van der Waals surface area contributed by atoms with Gasteiger partial charge in [0.2, 0.25) is 5.82 Å². The number of unbranched alkanes of at least 4 members (excludes halogenated alkanes) is 1. The molecule has 5 heteroatoms. The van der Waals surface area contributed by atoms with Crippen molar-refractivity contribution in [2.45, 2.75) is 71.2 Å². The zero-order chi connectivity index (χ0) is 21.3. The van der Waals surface area contributed by atoms with Crippen molar-refractivity contribution >= 4 is 0 Å². The van der Waals surface area contributed by atoms with Crippen LogP contribution in [0.3, 0.4) is 0 Å². The van der Waals surface area contributed by atoms with E-state index in [9.17, 15) is 8.78 Å². The molecule has 3 rings (SSSR count). The molecule has 0 amide bonds. The summed E-state index contributed by atoms with van der Waals surface area (Å²) in [6, 6.07) is 11.6. The summed E-state index contributed by atoms with van der Waals surface area (Å²) in [6.45, 7) is 5.37. The van der Waals surface area contributed by atoms with Gasteiger partial charge in [-0.05, 0) is 48.4 Å². The van der Waals surface area contributed by atoms with Crippen LogP contribution < -0.4 is 4.74 Å². The van der Waals surface area contributed by atoms with Gasteiger partial charge in [0.25, 0.3) is 0 Å². The van der Waals surface area contributed by atoms with Crippen molar-refractivity contribution in [1.82, 2.24) is 0 Å². The van der Waals surface area contributed by atoms with Crippen LogP contribution in [0.25, 0.3) is 0 Å². The van der Waals surface area contributed by atoms with Crippen LogP contribution >= 0.6 is 0 Å². The fourth-order valence-corrected chi connectivity index (χ4v) is 3.68. The highest BCUT2D eigenvalue weighted by Crippen LogP contribution is 2.34. The predicted octanol–water partition coefficient (Wildman–Crippen LogP) is 6.53. The average Bonchev–Trinajstić information content (AvgIpc) is 2.77. The largest absolute Gasteiger partial charge is 0.490 e. The summed E-state index contributed by atoms with van der Waals surface area (Å²) in [7, 11) is 0. The first-order valence-electron chi connectivity index (χ1n) is 11.0. The number of aryl methyl sites for hydroxylation is 1. The minimum Gasteiger partial charge on any atom is -0.490 e. The number of hydrogen-bond donors (Lipinski definition) is 0. The van der Waals surface area contributed by atoms with Gasteiger partial charge in [-0.1, -0.05) is 57.0 Å². The molecule has 1 aliphatic heterocycles. The molecule has 2 unspecified atom stereocenters. The zero-order valence-electron chi connectivity index (χ0n) is 18.0. The van der Waals surface area contributed by atoms with Crippen LogP contribution in [0.5, 0.6) is 5.75 Å². The topological polar surface area (TPSA) is 27.7 Å². The lowest BCUT2D eigenvalue weighted by Crippen LogP contribution is -2.27. The summed E-state index contributed by atoms with van der Waals surface area (Å²) < 4.78 is 45.9.